The standard InChI is InChI=1S/C14H22N4O5S/c1-8-11(13(20)17-14(21)15-8)24(22,23)18-6-2-3-9(7-18)12(19)16-10-4-5-10/h8-11H,2-7H2,1H3,(H,16,19)(H2,15,17,20,21). The maximum absolute atomic E-state index is 12.9. The number of carbonyl (C=O) groups excluding carboxylic acids is 3. The number of piperidine rings is 1. The van der Waals surface area contributed by atoms with Gasteiger partial charge >= 0.3 is 6.03 Å². The zero-order valence-corrected chi connectivity index (χ0v) is 14.3. The molecular weight excluding hydrogens is 336 g/mol. The van der Waals surface area contributed by atoms with Crippen molar-refractivity contribution in [2.45, 2.75) is 49.9 Å². The highest BCUT2D eigenvalue weighted by atomic mass is 32.2. The Kier molecular flexibility index (Phi) is 4.52. The quantitative estimate of drug-likeness (QED) is 0.589. The van der Waals surface area contributed by atoms with Crippen LogP contribution in [0.15, 0.2) is 0 Å². The summed E-state index contributed by atoms with van der Waals surface area (Å²) in [4.78, 5) is 35.5. The minimum Gasteiger partial charge on any atom is -0.353 e. The van der Waals surface area contributed by atoms with Crippen molar-refractivity contribution in [3.05, 3.63) is 0 Å². The number of hydrogen-bond donors (Lipinski definition) is 3. The summed E-state index contributed by atoms with van der Waals surface area (Å²) in [6, 6.07) is -1.29. The number of rotatable bonds is 4. The van der Waals surface area contributed by atoms with Gasteiger partial charge in [0.1, 0.15) is 0 Å². The molecule has 1 aliphatic carbocycles. The van der Waals surface area contributed by atoms with Crippen molar-refractivity contribution in [3.8, 4) is 0 Å². The van der Waals surface area contributed by atoms with Gasteiger partial charge in [0.2, 0.25) is 21.8 Å². The number of nitrogens with one attached hydrogen (secondary N) is 3. The number of amides is 4. The normalized spacial score (nSPS) is 32.0. The van der Waals surface area contributed by atoms with Crippen LogP contribution in [0.25, 0.3) is 0 Å². The molecule has 3 aliphatic rings. The lowest BCUT2D eigenvalue weighted by molar-refractivity contribution is -0.126. The molecule has 0 aromatic rings. The van der Waals surface area contributed by atoms with Crippen LogP contribution in [-0.2, 0) is 19.6 Å². The van der Waals surface area contributed by atoms with Crippen LogP contribution in [0.3, 0.4) is 0 Å². The predicted molar refractivity (Wildman–Crippen MR) is 84.3 cm³/mol. The summed E-state index contributed by atoms with van der Waals surface area (Å²) >= 11 is 0. The molecule has 10 heteroatoms. The molecule has 2 heterocycles. The summed E-state index contributed by atoms with van der Waals surface area (Å²) in [5.74, 6) is -1.34. The molecule has 24 heavy (non-hydrogen) atoms. The molecule has 3 fully saturated rings. The van der Waals surface area contributed by atoms with Crippen molar-refractivity contribution in [1.82, 2.24) is 20.3 Å². The van der Waals surface area contributed by atoms with Gasteiger partial charge in [0.05, 0.1) is 12.0 Å². The smallest absolute Gasteiger partial charge is 0.321 e. The van der Waals surface area contributed by atoms with Gasteiger partial charge in [-0.25, -0.2) is 17.5 Å². The number of nitrogens with zero attached hydrogens (tertiary/aromatic N) is 1. The highest BCUT2D eigenvalue weighted by Crippen LogP contribution is 2.25. The molecule has 0 radical (unpaired) electrons. The van der Waals surface area contributed by atoms with E-state index in [4.69, 9.17) is 0 Å². The van der Waals surface area contributed by atoms with E-state index in [0.717, 1.165) is 12.8 Å². The van der Waals surface area contributed by atoms with Crippen LogP contribution in [0.1, 0.15) is 32.6 Å². The van der Waals surface area contributed by atoms with Crippen molar-refractivity contribution in [3.63, 3.8) is 0 Å². The van der Waals surface area contributed by atoms with E-state index in [1.807, 2.05) is 5.32 Å². The first-order valence-electron chi connectivity index (χ1n) is 8.19. The fourth-order valence-electron chi connectivity index (χ4n) is 3.22. The number of hydrogen-bond acceptors (Lipinski definition) is 5. The van der Waals surface area contributed by atoms with E-state index in [1.165, 1.54) is 11.2 Å². The molecule has 134 valence electrons. The van der Waals surface area contributed by atoms with E-state index in [1.54, 1.807) is 0 Å². The van der Waals surface area contributed by atoms with Gasteiger partial charge < -0.3 is 10.6 Å². The van der Waals surface area contributed by atoms with Gasteiger partial charge in [-0.3, -0.25) is 14.9 Å². The lowest BCUT2D eigenvalue weighted by atomic mass is 9.99. The summed E-state index contributed by atoms with van der Waals surface area (Å²) in [6.07, 6.45) is 3.14. The van der Waals surface area contributed by atoms with Crippen molar-refractivity contribution >= 4 is 27.9 Å². The second-order valence-electron chi connectivity index (χ2n) is 6.70. The largest absolute Gasteiger partial charge is 0.353 e. The van der Waals surface area contributed by atoms with Crippen LogP contribution in [0.4, 0.5) is 4.79 Å². The molecule has 1 saturated carbocycles. The molecule has 3 unspecified atom stereocenters. The van der Waals surface area contributed by atoms with E-state index in [9.17, 15) is 22.8 Å². The summed E-state index contributed by atoms with van der Waals surface area (Å²) in [5, 5.41) is 5.94. The molecule has 3 rings (SSSR count). The maximum Gasteiger partial charge on any atom is 0.321 e. The van der Waals surface area contributed by atoms with E-state index in [0.29, 0.717) is 12.8 Å². The van der Waals surface area contributed by atoms with Crippen LogP contribution in [0.2, 0.25) is 0 Å². The molecule has 4 amide bonds. The fourth-order valence-corrected chi connectivity index (χ4v) is 5.22. The van der Waals surface area contributed by atoms with Crippen molar-refractivity contribution in [2.75, 3.05) is 13.1 Å². The fraction of sp³-hybridized carbons (Fsp3) is 0.786. The van der Waals surface area contributed by atoms with Crippen LogP contribution in [0.5, 0.6) is 0 Å². The Hall–Kier alpha value is -1.68. The minimum absolute atomic E-state index is 0.0747. The Morgan fingerprint density at radius 2 is 1.96 bits per heavy atom. The second kappa shape index (κ2) is 6.32. The van der Waals surface area contributed by atoms with E-state index >= 15 is 0 Å². The summed E-state index contributed by atoms with van der Waals surface area (Å²) in [5.41, 5.74) is 0. The predicted octanol–water partition coefficient (Wildman–Crippen LogP) is -1.10. The highest BCUT2D eigenvalue weighted by Gasteiger charge is 2.46. The van der Waals surface area contributed by atoms with Crippen LogP contribution < -0.4 is 16.0 Å². The molecular formula is C14H22N4O5S. The summed E-state index contributed by atoms with van der Waals surface area (Å²) < 4.78 is 26.9. The summed E-state index contributed by atoms with van der Waals surface area (Å²) in [6.45, 7) is 1.84. The van der Waals surface area contributed by atoms with Gasteiger partial charge in [-0.1, -0.05) is 0 Å². The van der Waals surface area contributed by atoms with Crippen LogP contribution in [-0.4, -0.2) is 61.0 Å². The van der Waals surface area contributed by atoms with Gasteiger partial charge in [0.15, 0.2) is 5.25 Å². The van der Waals surface area contributed by atoms with Crippen LogP contribution in [0, 0.1) is 5.92 Å². The SMILES string of the molecule is CC1NC(=O)NC(=O)C1S(=O)(=O)N1CCCC(C(=O)NC2CC2)C1. The zero-order valence-electron chi connectivity index (χ0n) is 13.4. The minimum atomic E-state index is -3.96. The average Bonchev–Trinajstić information content (AvgIpc) is 3.30. The molecule has 0 spiro atoms. The Bertz CT molecular complexity index is 660. The monoisotopic (exact) mass is 358 g/mol. The first-order valence-corrected chi connectivity index (χ1v) is 9.70. The Labute approximate surface area is 140 Å². The third-order valence-corrected chi connectivity index (χ3v) is 6.98. The van der Waals surface area contributed by atoms with E-state index in [-0.39, 0.29) is 25.0 Å². The number of imide groups is 1. The van der Waals surface area contributed by atoms with Crippen molar-refractivity contribution in [2.24, 2.45) is 5.92 Å². The van der Waals surface area contributed by atoms with E-state index < -0.39 is 39.2 Å². The third-order valence-electron chi connectivity index (χ3n) is 4.67. The van der Waals surface area contributed by atoms with Gasteiger partial charge in [-0.05, 0) is 32.6 Å². The number of carbonyl (C=O) groups is 3. The lowest BCUT2D eigenvalue weighted by Crippen LogP contribution is -2.65. The topological polar surface area (TPSA) is 125 Å². The average molecular weight is 358 g/mol. The molecule has 0 aromatic heterocycles. The number of urea groups is 1. The molecule has 3 N–H and O–H groups in total. The molecule has 2 saturated heterocycles. The van der Waals surface area contributed by atoms with Gasteiger partial charge in [-0.15, -0.1) is 0 Å². The Balaban J connectivity index is 1.72. The Morgan fingerprint density at radius 1 is 1.25 bits per heavy atom. The zero-order chi connectivity index (χ0) is 17.5. The lowest BCUT2D eigenvalue weighted by Gasteiger charge is -2.36. The van der Waals surface area contributed by atoms with Crippen molar-refractivity contribution < 1.29 is 22.8 Å². The first kappa shape index (κ1) is 17.2. The summed E-state index contributed by atoms with van der Waals surface area (Å²) in [7, 11) is -3.96. The molecule has 9 nitrogen and oxygen atoms in total. The van der Waals surface area contributed by atoms with E-state index in [2.05, 4.69) is 10.6 Å². The molecule has 2 aliphatic heterocycles. The molecule has 3 atom stereocenters. The maximum atomic E-state index is 12.9. The Morgan fingerprint density at radius 3 is 2.58 bits per heavy atom. The number of sulfonamides is 1. The van der Waals surface area contributed by atoms with Gasteiger partial charge in [0, 0.05) is 19.1 Å². The van der Waals surface area contributed by atoms with Gasteiger partial charge in [0.25, 0.3) is 0 Å². The third kappa shape index (κ3) is 3.39. The van der Waals surface area contributed by atoms with Crippen LogP contribution >= 0.6 is 0 Å². The van der Waals surface area contributed by atoms with Gasteiger partial charge in [-0.2, -0.15) is 0 Å². The highest BCUT2D eigenvalue weighted by molar-refractivity contribution is 7.90. The molecule has 0 aromatic carbocycles. The first-order chi connectivity index (χ1) is 11.3. The molecule has 0 bridgehead atoms. The van der Waals surface area contributed by atoms with Crippen molar-refractivity contribution in [1.29, 1.82) is 0 Å². The second-order valence-corrected chi connectivity index (χ2v) is 8.75.